The van der Waals surface area contributed by atoms with Gasteiger partial charge in [-0.15, -0.1) is 0 Å². The molecule has 0 rings (SSSR count). The lowest BCUT2D eigenvalue weighted by molar-refractivity contribution is -0.132. The van der Waals surface area contributed by atoms with Crippen molar-refractivity contribution in [2.75, 3.05) is 33.7 Å². The van der Waals surface area contributed by atoms with Crippen LogP contribution in [-0.2, 0) is 9.53 Å². The van der Waals surface area contributed by atoms with Gasteiger partial charge in [0.15, 0.2) is 0 Å². The minimum Gasteiger partial charge on any atom is -0.465 e. The first-order chi connectivity index (χ1) is 11.6. The Bertz CT molecular complexity index is 437. The highest BCUT2D eigenvalue weighted by Gasteiger charge is 2.23. The minimum absolute atomic E-state index is 0.266. The van der Waals surface area contributed by atoms with Crippen LogP contribution in [0.4, 0.5) is 9.59 Å². The van der Waals surface area contributed by atoms with Crippen LogP contribution in [0.2, 0.25) is 0 Å². The van der Waals surface area contributed by atoms with Crippen molar-refractivity contribution in [3.05, 3.63) is 0 Å². The number of unbranched alkanes of at least 4 members (excludes halogenated alkanes) is 1. The molecule has 0 bridgehead atoms. The molecule has 0 aliphatic rings. The smallest absolute Gasteiger partial charge is 0.407 e. The zero-order chi connectivity index (χ0) is 19.5. The number of ether oxygens (including phenoxy) is 1. The molecule has 9 heteroatoms. The van der Waals surface area contributed by atoms with Crippen molar-refractivity contribution in [2.24, 2.45) is 0 Å². The third-order valence-corrected chi connectivity index (χ3v) is 3.26. The lowest BCUT2D eigenvalue weighted by Crippen LogP contribution is -2.48. The second kappa shape index (κ2) is 11.5. The molecule has 0 spiro atoms. The van der Waals surface area contributed by atoms with Crippen LogP contribution in [0.5, 0.6) is 0 Å². The molecule has 0 saturated heterocycles. The minimum atomic E-state index is -1.23. The molecule has 0 unspecified atom stereocenters. The Morgan fingerprint density at radius 3 is 2.32 bits per heavy atom. The summed E-state index contributed by atoms with van der Waals surface area (Å²) >= 11 is 0. The molecule has 4 N–H and O–H groups in total. The summed E-state index contributed by atoms with van der Waals surface area (Å²) in [5, 5.41) is 16.7. The molecule has 146 valence electrons. The number of alkyl carbamates (subject to hydrolysis) is 1. The van der Waals surface area contributed by atoms with Crippen LogP contribution in [0.15, 0.2) is 0 Å². The van der Waals surface area contributed by atoms with Gasteiger partial charge in [0.25, 0.3) is 0 Å². The van der Waals surface area contributed by atoms with Crippen LogP contribution in [0, 0.1) is 0 Å². The second-order valence-electron chi connectivity index (χ2n) is 6.79. The summed E-state index contributed by atoms with van der Waals surface area (Å²) in [6.07, 6.45) is -0.148. The molecule has 0 aromatic heterocycles. The normalized spacial score (nSPS) is 12.2. The number of likely N-dealkylation sites (N-methyl/N-ethyl adjacent to an activating group) is 2. The summed E-state index contributed by atoms with van der Waals surface area (Å²) in [6.45, 7) is 6.87. The predicted molar refractivity (Wildman–Crippen MR) is 94.6 cm³/mol. The summed E-state index contributed by atoms with van der Waals surface area (Å²) in [6, 6.07) is -0.791. The zero-order valence-corrected chi connectivity index (χ0v) is 15.8. The Hall–Kier alpha value is -2.03. The van der Waals surface area contributed by atoms with Gasteiger partial charge >= 0.3 is 12.2 Å². The fraction of sp³-hybridized carbons (Fsp3) is 0.812. The topological polar surface area (TPSA) is 120 Å². The van der Waals surface area contributed by atoms with Gasteiger partial charge in [-0.05, 0) is 47.1 Å². The molecule has 1 atom stereocenters. The van der Waals surface area contributed by atoms with E-state index in [9.17, 15) is 14.4 Å². The van der Waals surface area contributed by atoms with Crippen molar-refractivity contribution in [3.63, 3.8) is 0 Å². The molecule has 0 aliphatic carbocycles. The van der Waals surface area contributed by atoms with Gasteiger partial charge in [0.2, 0.25) is 5.91 Å². The Balaban J connectivity index is 4.26. The number of hydrogen-bond acceptors (Lipinski definition) is 5. The maximum atomic E-state index is 12.3. The summed E-state index contributed by atoms with van der Waals surface area (Å²) in [7, 11) is 3.42. The van der Waals surface area contributed by atoms with E-state index in [0.717, 1.165) is 0 Å². The summed E-state index contributed by atoms with van der Waals surface area (Å²) in [5.74, 6) is -0.266. The number of nitrogens with zero attached hydrogens (tertiary/aromatic N) is 1. The van der Waals surface area contributed by atoms with Gasteiger partial charge in [-0.3, -0.25) is 4.79 Å². The third-order valence-electron chi connectivity index (χ3n) is 3.26. The molecular weight excluding hydrogens is 328 g/mol. The SMILES string of the molecule is CNCCN(C)C(=O)[C@H](CCCCNC(=O)OC(C)(C)C)NC(=O)O. The summed E-state index contributed by atoms with van der Waals surface area (Å²) in [5.41, 5.74) is -0.551. The maximum Gasteiger partial charge on any atom is 0.407 e. The highest BCUT2D eigenvalue weighted by Crippen LogP contribution is 2.07. The lowest BCUT2D eigenvalue weighted by Gasteiger charge is -2.23. The first kappa shape index (κ1) is 23.0. The molecule has 0 aromatic rings. The van der Waals surface area contributed by atoms with Crippen LogP contribution in [-0.4, -0.2) is 73.5 Å². The molecular formula is C16H32N4O5. The Kier molecular flexibility index (Phi) is 10.6. The van der Waals surface area contributed by atoms with Gasteiger partial charge < -0.3 is 30.7 Å². The van der Waals surface area contributed by atoms with E-state index in [1.165, 1.54) is 4.90 Å². The first-order valence-electron chi connectivity index (χ1n) is 8.42. The number of amides is 3. The third kappa shape index (κ3) is 12.0. The number of hydrogen-bond donors (Lipinski definition) is 4. The predicted octanol–water partition coefficient (Wildman–Crippen LogP) is 0.995. The molecule has 0 fully saturated rings. The van der Waals surface area contributed by atoms with Gasteiger partial charge in [-0.2, -0.15) is 0 Å². The highest BCUT2D eigenvalue weighted by atomic mass is 16.6. The van der Waals surface area contributed by atoms with Crippen LogP contribution < -0.4 is 16.0 Å². The number of carboxylic acid groups (broad SMARTS) is 1. The van der Waals surface area contributed by atoms with Crippen molar-refractivity contribution in [2.45, 2.75) is 51.7 Å². The van der Waals surface area contributed by atoms with Crippen molar-refractivity contribution < 1.29 is 24.2 Å². The Morgan fingerprint density at radius 2 is 1.80 bits per heavy atom. The largest absolute Gasteiger partial charge is 0.465 e. The molecule has 0 aliphatic heterocycles. The van der Waals surface area contributed by atoms with Crippen molar-refractivity contribution in [3.8, 4) is 0 Å². The van der Waals surface area contributed by atoms with Crippen LogP contribution in [0.1, 0.15) is 40.0 Å². The molecule has 0 radical (unpaired) electrons. The number of carbonyl (C=O) groups excluding carboxylic acids is 2. The van der Waals surface area contributed by atoms with Crippen LogP contribution in [0.25, 0.3) is 0 Å². The van der Waals surface area contributed by atoms with E-state index in [1.54, 1.807) is 34.9 Å². The fourth-order valence-electron chi connectivity index (χ4n) is 2.04. The van der Waals surface area contributed by atoms with Gasteiger partial charge in [0, 0.05) is 26.7 Å². The van der Waals surface area contributed by atoms with Gasteiger partial charge in [0.05, 0.1) is 0 Å². The Labute approximate surface area is 149 Å². The molecule has 9 nitrogen and oxygen atoms in total. The first-order valence-corrected chi connectivity index (χ1v) is 8.42. The van der Waals surface area contributed by atoms with Crippen molar-refractivity contribution in [1.82, 2.24) is 20.9 Å². The van der Waals surface area contributed by atoms with E-state index in [0.29, 0.717) is 38.9 Å². The average molecular weight is 360 g/mol. The maximum absolute atomic E-state index is 12.3. The van der Waals surface area contributed by atoms with Gasteiger partial charge in [-0.1, -0.05) is 0 Å². The quantitative estimate of drug-likeness (QED) is 0.431. The number of carbonyl (C=O) groups is 3. The molecule has 0 aromatic carbocycles. The molecule has 3 amide bonds. The highest BCUT2D eigenvalue weighted by molar-refractivity contribution is 5.85. The van der Waals surface area contributed by atoms with E-state index in [-0.39, 0.29) is 5.91 Å². The van der Waals surface area contributed by atoms with Crippen LogP contribution >= 0.6 is 0 Å². The average Bonchev–Trinajstić information content (AvgIpc) is 2.48. The van der Waals surface area contributed by atoms with Crippen molar-refractivity contribution in [1.29, 1.82) is 0 Å². The van der Waals surface area contributed by atoms with Crippen molar-refractivity contribution >= 4 is 18.1 Å². The van der Waals surface area contributed by atoms with Gasteiger partial charge in [0.1, 0.15) is 11.6 Å². The lowest BCUT2D eigenvalue weighted by atomic mass is 10.1. The van der Waals surface area contributed by atoms with E-state index in [1.807, 2.05) is 0 Å². The summed E-state index contributed by atoms with van der Waals surface area (Å²) in [4.78, 5) is 36.2. The Morgan fingerprint density at radius 1 is 1.16 bits per heavy atom. The van der Waals surface area contributed by atoms with E-state index >= 15 is 0 Å². The van der Waals surface area contributed by atoms with Crippen LogP contribution in [0.3, 0.4) is 0 Å². The number of nitrogens with one attached hydrogen (secondary N) is 3. The van der Waals surface area contributed by atoms with E-state index < -0.39 is 23.8 Å². The second-order valence-corrected chi connectivity index (χ2v) is 6.79. The molecule has 0 heterocycles. The molecule has 25 heavy (non-hydrogen) atoms. The molecule has 0 saturated carbocycles. The fourth-order valence-corrected chi connectivity index (χ4v) is 2.04. The monoisotopic (exact) mass is 360 g/mol. The summed E-state index contributed by atoms with van der Waals surface area (Å²) < 4.78 is 5.12. The van der Waals surface area contributed by atoms with Gasteiger partial charge in [-0.25, -0.2) is 9.59 Å². The standard InChI is InChI=1S/C16H32N4O5/c1-16(2,3)25-15(24)18-9-7-6-8-12(19-14(22)23)13(21)20(5)11-10-17-4/h12,17,19H,6-11H2,1-5H3,(H,18,24)(H,22,23)/t12-/m0/s1. The zero-order valence-electron chi connectivity index (χ0n) is 15.8. The van der Waals surface area contributed by atoms with E-state index in [4.69, 9.17) is 9.84 Å². The number of rotatable bonds is 10. The van der Waals surface area contributed by atoms with E-state index in [2.05, 4.69) is 16.0 Å².